The van der Waals surface area contributed by atoms with Crippen LogP contribution in [0.3, 0.4) is 0 Å². The summed E-state index contributed by atoms with van der Waals surface area (Å²) in [4.78, 5) is 6.64. The molecule has 0 unspecified atom stereocenters. The van der Waals surface area contributed by atoms with Crippen LogP contribution in [0.15, 0.2) is 54.7 Å². The van der Waals surface area contributed by atoms with Crippen molar-refractivity contribution in [1.29, 1.82) is 0 Å². The number of hydrogen-bond donors (Lipinski definition) is 1. The molecule has 0 radical (unpaired) electrons. The molecule has 2 aromatic heterocycles. The monoisotopic (exact) mass is 361 g/mol. The second kappa shape index (κ2) is 6.74. The van der Waals surface area contributed by atoms with E-state index in [4.69, 9.17) is 9.72 Å². The number of para-hydroxylation sites is 2. The average Bonchev–Trinajstić information content (AvgIpc) is 3.42. The van der Waals surface area contributed by atoms with E-state index in [1.54, 1.807) is 12.0 Å². The molecule has 5 nitrogen and oxygen atoms in total. The summed E-state index contributed by atoms with van der Waals surface area (Å²) in [6.07, 6.45) is 4.94. The SMILES string of the molecule is COc1ccc(-c2cn3c4ccccc4nc3n2CC[NH+]2CCCC2)cc1. The minimum absolute atomic E-state index is 0.883. The molecule has 5 heteroatoms. The molecule has 0 aliphatic carbocycles. The molecule has 3 heterocycles. The molecule has 5 rings (SSSR count). The van der Waals surface area contributed by atoms with E-state index < -0.39 is 0 Å². The first-order valence-corrected chi connectivity index (χ1v) is 9.78. The lowest BCUT2D eigenvalue weighted by atomic mass is 10.1. The lowest BCUT2D eigenvalue weighted by Gasteiger charge is -2.14. The Kier molecular flexibility index (Phi) is 4.09. The van der Waals surface area contributed by atoms with Gasteiger partial charge >= 0.3 is 0 Å². The minimum atomic E-state index is 0.883. The van der Waals surface area contributed by atoms with Crippen molar-refractivity contribution in [3.63, 3.8) is 0 Å². The van der Waals surface area contributed by atoms with E-state index in [1.807, 2.05) is 12.1 Å². The molecular formula is C22H25N4O+. The average molecular weight is 361 g/mol. The van der Waals surface area contributed by atoms with E-state index in [1.165, 1.54) is 37.2 Å². The lowest BCUT2D eigenvalue weighted by molar-refractivity contribution is -0.887. The summed E-state index contributed by atoms with van der Waals surface area (Å²) >= 11 is 0. The molecule has 0 bridgehead atoms. The zero-order valence-corrected chi connectivity index (χ0v) is 15.7. The van der Waals surface area contributed by atoms with Crippen LogP contribution in [0.2, 0.25) is 0 Å². The van der Waals surface area contributed by atoms with Gasteiger partial charge in [-0.05, 0) is 36.4 Å². The van der Waals surface area contributed by atoms with Crippen LogP contribution in [-0.4, -0.2) is 40.7 Å². The van der Waals surface area contributed by atoms with Gasteiger partial charge in [-0.3, -0.25) is 4.40 Å². The van der Waals surface area contributed by atoms with Gasteiger partial charge < -0.3 is 14.2 Å². The molecule has 1 saturated heterocycles. The van der Waals surface area contributed by atoms with Crippen LogP contribution in [0.5, 0.6) is 5.75 Å². The highest BCUT2D eigenvalue weighted by atomic mass is 16.5. The number of ether oxygens (including phenoxy) is 1. The fourth-order valence-corrected chi connectivity index (χ4v) is 4.26. The van der Waals surface area contributed by atoms with Crippen LogP contribution >= 0.6 is 0 Å². The number of likely N-dealkylation sites (tertiary alicyclic amines) is 1. The molecule has 1 N–H and O–H groups in total. The number of nitrogens with one attached hydrogen (secondary N) is 1. The third-order valence-corrected chi connectivity index (χ3v) is 5.75. The number of imidazole rings is 2. The number of rotatable bonds is 5. The van der Waals surface area contributed by atoms with Crippen molar-refractivity contribution in [2.45, 2.75) is 19.4 Å². The molecule has 0 atom stereocenters. The number of quaternary nitrogens is 1. The van der Waals surface area contributed by atoms with Gasteiger partial charge in [-0.15, -0.1) is 0 Å². The number of benzene rings is 2. The summed E-state index contributed by atoms with van der Waals surface area (Å²) in [7, 11) is 1.71. The second-order valence-corrected chi connectivity index (χ2v) is 7.37. The van der Waals surface area contributed by atoms with E-state index in [0.717, 1.165) is 35.7 Å². The summed E-state index contributed by atoms with van der Waals surface area (Å²) in [6, 6.07) is 16.7. The van der Waals surface area contributed by atoms with Crippen molar-refractivity contribution < 1.29 is 9.64 Å². The Morgan fingerprint density at radius 3 is 2.59 bits per heavy atom. The first-order chi connectivity index (χ1) is 13.3. The molecule has 2 aromatic carbocycles. The maximum absolute atomic E-state index is 5.32. The summed E-state index contributed by atoms with van der Waals surface area (Å²) in [5.74, 6) is 1.91. The third-order valence-electron chi connectivity index (χ3n) is 5.75. The predicted octanol–water partition coefficient (Wildman–Crippen LogP) is 2.64. The van der Waals surface area contributed by atoms with E-state index in [2.05, 4.69) is 51.6 Å². The molecule has 27 heavy (non-hydrogen) atoms. The predicted molar refractivity (Wildman–Crippen MR) is 107 cm³/mol. The third kappa shape index (κ3) is 2.88. The van der Waals surface area contributed by atoms with Gasteiger partial charge in [0, 0.05) is 24.6 Å². The first-order valence-electron chi connectivity index (χ1n) is 9.78. The van der Waals surface area contributed by atoms with Crippen molar-refractivity contribution in [2.24, 2.45) is 0 Å². The Labute approximate surface area is 158 Å². The van der Waals surface area contributed by atoms with Crippen LogP contribution < -0.4 is 9.64 Å². The zero-order chi connectivity index (χ0) is 18.2. The van der Waals surface area contributed by atoms with Crippen molar-refractivity contribution >= 4 is 16.8 Å². The quantitative estimate of drug-likeness (QED) is 0.593. The van der Waals surface area contributed by atoms with Gasteiger partial charge in [0.2, 0.25) is 5.78 Å². The number of fused-ring (bicyclic) bond motifs is 3. The number of nitrogens with zero attached hydrogens (tertiary/aromatic N) is 3. The first kappa shape index (κ1) is 16.4. The fourth-order valence-electron chi connectivity index (χ4n) is 4.26. The van der Waals surface area contributed by atoms with Gasteiger partial charge in [0.05, 0.1) is 50.0 Å². The molecule has 1 aliphatic rings. The Morgan fingerprint density at radius 2 is 1.81 bits per heavy atom. The summed E-state index contributed by atoms with van der Waals surface area (Å²) in [6.45, 7) is 4.73. The molecule has 0 spiro atoms. The molecule has 0 saturated carbocycles. The van der Waals surface area contributed by atoms with Crippen LogP contribution in [0.1, 0.15) is 12.8 Å². The fraction of sp³-hybridized carbons (Fsp3) is 0.318. The smallest absolute Gasteiger partial charge is 0.215 e. The summed E-state index contributed by atoms with van der Waals surface area (Å²) in [5.41, 5.74) is 4.62. The van der Waals surface area contributed by atoms with Gasteiger partial charge in [0.15, 0.2) is 0 Å². The highest BCUT2D eigenvalue weighted by Gasteiger charge is 2.19. The van der Waals surface area contributed by atoms with Gasteiger partial charge in [-0.2, -0.15) is 0 Å². The van der Waals surface area contributed by atoms with Crippen LogP contribution in [-0.2, 0) is 6.54 Å². The maximum atomic E-state index is 5.32. The van der Waals surface area contributed by atoms with Gasteiger partial charge in [0.1, 0.15) is 5.75 Å². The highest BCUT2D eigenvalue weighted by molar-refractivity contribution is 5.81. The van der Waals surface area contributed by atoms with Crippen LogP contribution in [0, 0.1) is 0 Å². The van der Waals surface area contributed by atoms with Crippen molar-refractivity contribution in [3.05, 3.63) is 54.7 Å². The minimum Gasteiger partial charge on any atom is -0.497 e. The van der Waals surface area contributed by atoms with Gasteiger partial charge in [-0.1, -0.05) is 12.1 Å². The lowest BCUT2D eigenvalue weighted by Crippen LogP contribution is -3.10. The van der Waals surface area contributed by atoms with Gasteiger partial charge in [0.25, 0.3) is 0 Å². The van der Waals surface area contributed by atoms with E-state index >= 15 is 0 Å². The standard InChI is InChI=1S/C22H24N4O/c1-27-18-10-8-17(9-11-18)21-16-26-20-7-3-2-6-19(20)23-22(26)25(21)15-14-24-12-4-5-13-24/h2-3,6-11,16H,4-5,12-15H2,1H3/p+1. The highest BCUT2D eigenvalue weighted by Crippen LogP contribution is 2.27. The van der Waals surface area contributed by atoms with E-state index in [0.29, 0.717) is 0 Å². The number of methoxy groups -OCH3 is 1. The largest absolute Gasteiger partial charge is 0.497 e. The molecule has 0 amide bonds. The summed E-state index contributed by atoms with van der Waals surface area (Å²) < 4.78 is 9.94. The maximum Gasteiger partial charge on any atom is 0.215 e. The molecule has 138 valence electrons. The van der Waals surface area contributed by atoms with Crippen LogP contribution in [0.4, 0.5) is 0 Å². The zero-order valence-electron chi connectivity index (χ0n) is 15.7. The van der Waals surface area contributed by atoms with Crippen molar-refractivity contribution in [2.75, 3.05) is 26.7 Å². The Balaban J connectivity index is 1.61. The van der Waals surface area contributed by atoms with E-state index in [-0.39, 0.29) is 0 Å². The van der Waals surface area contributed by atoms with E-state index in [9.17, 15) is 0 Å². The van der Waals surface area contributed by atoms with Crippen molar-refractivity contribution in [1.82, 2.24) is 14.0 Å². The van der Waals surface area contributed by atoms with Gasteiger partial charge in [-0.25, -0.2) is 4.98 Å². The Hall–Kier alpha value is -2.79. The number of aromatic nitrogens is 3. The Bertz CT molecular complexity index is 1070. The van der Waals surface area contributed by atoms with Crippen LogP contribution in [0.25, 0.3) is 28.1 Å². The molecule has 4 aromatic rings. The number of hydrogen-bond acceptors (Lipinski definition) is 2. The molecular weight excluding hydrogens is 336 g/mol. The van der Waals surface area contributed by atoms with Crippen molar-refractivity contribution in [3.8, 4) is 17.0 Å². The molecule has 1 aliphatic heterocycles. The normalized spacial score (nSPS) is 15.1. The topological polar surface area (TPSA) is 35.9 Å². The second-order valence-electron chi connectivity index (χ2n) is 7.37. The molecule has 1 fully saturated rings. The summed E-state index contributed by atoms with van der Waals surface area (Å²) in [5, 5.41) is 0. The Morgan fingerprint density at radius 1 is 1.04 bits per heavy atom.